The molecule has 0 amide bonds. The van der Waals surface area contributed by atoms with Gasteiger partial charge in [0.25, 0.3) is 0 Å². The molecular weight excluding hydrogens is 216 g/mol. The van der Waals surface area contributed by atoms with Crippen molar-refractivity contribution >= 4 is 5.95 Å². The summed E-state index contributed by atoms with van der Waals surface area (Å²) in [6.45, 7) is 4.25. The number of nitrogens with two attached hydrogens (primary N) is 1. The number of aromatic nitrogens is 3. The largest absolute Gasteiger partial charge is 0.368 e. The number of hydrogen-bond donors (Lipinski definition) is 2. The molecule has 3 N–H and O–H groups in total. The Balaban J connectivity index is 2.43. The van der Waals surface area contributed by atoms with Crippen LogP contribution in [0.25, 0.3) is 11.4 Å². The van der Waals surface area contributed by atoms with Crippen LogP contribution in [0.2, 0.25) is 0 Å². The summed E-state index contributed by atoms with van der Waals surface area (Å²) in [5.74, 6) is 0.896. The lowest BCUT2D eigenvalue weighted by atomic mass is 10.0. The smallest absolute Gasteiger partial charge is 0.349 e. The molecule has 2 rings (SSSR count). The zero-order valence-electron chi connectivity index (χ0n) is 9.77. The maximum atomic E-state index is 11.2. The summed E-state index contributed by atoms with van der Waals surface area (Å²) >= 11 is 0. The number of H-pyrrole nitrogens is 1. The van der Waals surface area contributed by atoms with Gasteiger partial charge in [0.05, 0.1) is 0 Å². The molecule has 5 nitrogen and oxygen atoms in total. The molecule has 0 aliphatic carbocycles. The van der Waals surface area contributed by atoms with E-state index in [-0.39, 0.29) is 5.95 Å². The van der Waals surface area contributed by atoms with Crippen molar-refractivity contribution in [3.63, 3.8) is 0 Å². The summed E-state index contributed by atoms with van der Waals surface area (Å²) in [6.07, 6.45) is 0. The Bertz CT molecular complexity index is 572. The number of anilines is 1. The zero-order chi connectivity index (χ0) is 12.4. The number of rotatable bonds is 2. The Hall–Kier alpha value is -2.17. The van der Waals surface area contributed by atoms with Crippen LogP contribution in [0.3, 0.4) is 0 Å². The van der Waals surface area contributed by atoms with Gasteiger partial charge in [-0.2, -0.15) is 9.97 Å². The van der Waals surface area contributed by atoms with Crippen molar-refractivity contribution in [1.82, 2.24) is 15.0 Å². The summed E-state index contributed by atoms with van der Waals surface area (Å²) < 4.78 is 0. The quantitative estimate of drug-likeness (QED) is 0.819. The highest BCUT2D eigenvalue weighted by molar-refractivity contribution is 5.56. The molecule has 0 aliphatic rings. The van der Waals surface area contributed by atoms with E-state index in [0.717, 1.165) is 5.56 Å². The predicted molar refractivity (Wildman–Crippen MR) is 66.6 cm³/mol. The van der Waals surface area contributed by atoms with E-state index in [0.29, 0.717) is 11.7 Å². The van der Waals surface area contributed by atoms with Gasteiger partial charge in [0, 0.05) is 5.56 Å². The standard InChI is InChI=1S/C12H14N4O/c1-7(2)8-3-5-9(6-4-8)10-14-11(13)16-12(17)15-10/h3-7H,1-2H3,(H3,13,14,15,16,17). The van der Waals surface area contributed by atoms with Crippen LogP contribution in [-0.2, 0) is 0 Å². The summed E-state index contributed by atoms with van der Waals surface area (Å²) in [7, 11) is 0. The maximum Gasteiger partial charge on any atom is 0.349 e. The number of hydrogen-bond acceptors (Lipinski definition) is 4. The van der Waals surface area contributed by atoms with Gasteiger partial charge in [-0.05, 0) is 11.5 Å². The summed E-state index contributed by atoms with van der Waals surface area (Å²) in [5.41, 5.74) is 7.00. The molecule has 0 bridgehead atoms. The lowest BCUT2D eigenvalue weighted by Crippen LogP contribution is -2.15. The first-order valence-electron chi connectivity index (χ1n) is 5.40. The van der Waals surface area contributed by atoms with Crippen LogP contribution in [0.15, 0.2) is 29.1 Å². The van der Waals surface area contributed by atoms with Crippen LogP contribution < -0.4 is 11.4 Å². The number of aromatic amines is 1. The number of nitrogens with one attached hydrogen (secondary N) is 1. The fourth-order valence-electron chi connectivity index (χ4n) is 1.56. The van der Waals surface area contributed by atoms with Crippen LogP contribution >= 0.6 is 0 Å². The lowest BCUT2D eigenvalue weighted by Gasteiger charge is -2.06. The average Bonchev–Trinajstić information content (AvgIpc) is 2.28. The minimum atomic E-state index is -0.486. The van der Waals surface area contributed by atoms with Gasteiger partial charge in [-0.25, -0.2) is 4.79 Å². The Morgan fingerprint density at radius 2 is 1.82 bits per heavy atom. The van der Waals surface area contributed by atoms with Gasteiger partial charge in [-0.3, -0.25) is 4.98 Å². The minimum absolute atomic E-state index is 0.0170. The van der Waals surface area contributed by atoms with Gasteiger partial charge in [0.15, 0.2) is 0 Å². The third-order valence-electron chi connectivity index (χ3n) is 2.52. The third kappa shape index (κ3) is 2.50. The summed E-state index contributed by atoms with van der Waals surface area (Å²) in [5, 5.41) is 0. The Labute approximate surface area is 98.7 Å². The molecule has 5 heteroatoms. The number of benzene rings is 1. The monoisotopic (exact) mass is 230 g/mol. The first kappa shape index (κ1) is 11.3. The fourth-order valence-corrected chi connectivity index (χ4v) is 1.56. The lowest BCUT2D eigenvalue weighted by molar-refractivity contribution is 0.866. The SMILES string of the molecule is CC(C)c1ccc(-c2nc(N)nc(=O)[nH]2)cc1. The second-order valence-corrected chi connectivity index (χ2v) is 4.14. The van der Waals surface area contributed by atoms with Crippen molar-refractivity contribution in [3.05, 3.63) is 40.3 Å². The Morgan fingerprint density at radius 1 is 1.18 bits per heavy atom. The van der Waals surface area contributed by atoms with Crippen LogP contribution in [0.1, 0.15) is 25.3 Å². The fraction of sp³-hybridized carbons (Fsp3) is 0.250. The molecule has 88 valence electrons. The van der Waals surface area contributed by atoms with E-state index in [4.69, 9.17) is 5.73 Å². The van der Waals surface area contributed by atoms with Gasteiger partial charge in [-0.15, -0.1) is 0 Å². The summed E-state index contributed by atoms with van der Waals surface area (Å²) in [4.78, 5) is 21.2. The first-order chi connectivity index (χ1) is 8.06. The van der Waals surface area contributed by atoms with Crippen molar-refractivity contribution in [2.24, 2.45) is 0 Å². The second-order valence-electron chi connectivity index (χ2n) is 4.14. The van der Waals surface area contributed by atoms with Crippen LogP contribution in [0, 0.1) is 0 Å². The maximum absolute atomic E-state index is 11.2. The third-order valence-corrected chi connectivity index (χ3v) is 2.52. The van der Waals surface area contributed by atoms with E-state index in [1.807, 2.05) is 24.3 Å². The van der Waals surface area contributed by atoms with Gasteiger partial charge < -0.3 is 5.73 Å². The molecule has 1 aromatic carbocycles. The van der Waals surface area contributed by atoms with E-state index in [9.17, 15) is 4.79 Å². The predicted octanol–water partition coefficient (Wildman–Crippen LogP) is 1.54. The molecule has 0 radical (unpaired) electrons. The summed E-state index contributed by atoms with van der Waals surface area (Å²) in [6, 6.07) is 7.84. The highest BCUT2D eigenvalue weighted by atomic mass is 16.1. The van der Waals surface area contributed by atoms with Gasteiger partial charge in [0.2, 0.25) is 5.95 Å². The number of nitrogens with zero attached hydrogens (tertiary/aromatic N) is 2. The number of nitrogen functional groups attached to an aromatic ring is 1. The van der Waals surface area contributed by atoms with E-state index < -0.39 is 5.69 Å². The molecule has 1 heterocycles. The van der Waals surface area contributed by atoms with Gasteiger partial charge in [-0.1, -0.05) is 38.1 Å². The molecule has 0 spiro atoms. The van der Waals surface area contributed by atoms with Crippen LogP contribution in [0.5, 0.6) is 0 Å². The molecule has 0 atom stereocenters. The van der Waals surface area contributed by atoms with Crippen molar-refractivity contribution in [1.29, 1.82) is 0 Å². The molecule has 0 unspecified atom stereocenters. The minimum Gasteiger partial charge on any atom is -0.368 e. The molecule has 0 aliphatic heterocycles. The molecular formula is C12H14N4O. The first-order valence-corrected chi connectivity index (χ1v) is 5.40. The highest BCUT2D eigenvalue weighted by Gasteiger charge is 2.04. The Morgan fingerprint density at radius 3 is 2.35 bits per heavy atom. The van der Waals surface area contributed by atoms with E-state index in [2.05, 4.69) is 28.8 Å². The highest BCUT2D eigenvalue weighted by Crippen LogP contribution is 2.19. The van der Waals surface area contributed by atoms with Crippen LogP contribution in [-0.4, -0.2) is 15.0 Å². The van der Waals surface area contributed by atoms with Crippen molar-refractivity contribution < 1.29 is 0 Å². The van der Waals surface area contributed by atoms with Gasteiger partial charge >= 0.3 is 5.69 Å². The molecule has 17 heavy (non-hydrogen) atoms. The molecule has 1 aromatic heterocycles. The van der Waals surface area contributed by atoms with Crippen molar-refractivity contribution in [2.75, 3.05) is 5.73 Å². The normalized spacial score (nSPS) is 10.8. The Kier molecular flexibility index (Phi) is 2.91. The molecule has 0 saturated heterocycles. The molecule has 0 fully saturated rings. The van der Waals surface area contributed by atoms with Gasteiger partial charge in [0.1, 0.15) is 5.82 Å². The van der Waals surface area contributed by atoms with Crippen LogP contribution in [0.4, 0.5) is 5.95 Å². The second kappa shape index (κ2) is 4.37. The van der Waals surface area contributed by atoms with Crippen molar-refractivity contribution in [3.8, 4) is 11.4 Å². The van der Waals surface area contributed by atoms with Crippen molar-refractivity contribution in [2.45, 2.75) is 19.8 Å². The van der Waals surface area contributed by atoms with E-state index >= 15 is 0 Å². The van der Waals surface area contributed by atoms with E-state index in [1.165, 1.54) is 5.56 Å². The molecule has 0 saturated carbocycles. The zero-order valence-corrected chi connectivity index (χ0v) is 9.77. The molecule has 2 aromatic rings. The topological polar surface area (TPSA) is 84.7 Å². The van der Waals surface area contributed by atoms with E-state index in [1.54, 1.807) is 0 Å². The average molecular weight is 230 g/mol.